The Balaban J connectivity index is 1.76. The van der Waals surface area contributed by atoms with Crippen LogP contribution in [-0.4, -0.2) is 17.1 Å². The van der Waals surface area contributed by atoms with Gasteiger partial charge < -0.3 is 15.4 Å². The first kappa shape index (κ1) is 17.0. The smallest absolute Gasteiger partial charge is 0.225 e. The van der Waals surface area contributed by atoms with Crippen molar-refractivity contribution in [3.05, 3.63) is 70.9 Å². The highest BCUT2D eigenvalue weighted by Gasteiger charge is 2.06. The van der Waals surface area contributed by atoms with Crippen molar-refractivity contribution in [3.63, 3.8) is 0 Å². The third-order valence-electron chi connectivity index (χ3n) is 3.62. The number of aromatic nitrogens is 2. The van der Waals surface area contributed by atoms with Crippen molar-refractivity contribution in [1.29, 1.82) is 0 Å². The normalized spacial score (nSPS) is 10.4. The van der Waals surface area contributed by atoms with Gasteiger partial charge in [0.15, 0.2) is 0 Å². The van der Waals surface area contributed by atoms with E-state index in [4.69, 9.17) is 16.3 Å². The molecule has 0 aliphatic rings. The number of hydrogen-bond donors (Lipinski definition) is 2. The molecule has 0 atom stereocenters. The quantitative estimate of drug-likeness (QED) is 0.665. The van der Waals surface area contributed by atoms with Crippen LogP contribution in [0.5, 0.6) is 5.75 Å². The number of aryl methyl sites for hydroxylation is 1. The molecule has 25 heavy (non-hydrogen) atoms. The number of rotatable bonds is 6. The first-order valence-electron chi connectivity index (χ1n) is 7.88. The SMILES string of the molecule is COc1ccccc1CNc1nc(C)cc(Nc2ccccc2Cl)n1. The van der Waals surface area contributed by atoms with E-state index >= 15 is 0 Å². The van der Waals surface area contributed by atoms with Crippen molar-refractivity contribution in [3.8, 4) is 5.75 Å². The molecule has 0 unspecified atom stereocenters. The lowest BCUT2D eigenvalue weighted by molar-refractivity contribution is 0.410. The van der Waals surface area contributed by atoms with Gasteiger partial charge in [0.1, 0.15) is 11.6 Å². The lowest BCUT2D eigenvalue weighted by Gasteiger charge is -2.12. The molecule has 3 rings (SSSR count). The molecule has 2 aromatic carbocycles. The third-order valence-corrected chi connectivity index (χ3v) is 3.95. The van der Waals surface area contributed by atoms with Gasteiger partial charge in [0, 0.05) is 23.9 Å². The summed E-state index contributed by atoms with van der Waals surface area (Å²) >= 11 is 6.19. The van der Waals surface area contributed by atoms with E-state index < -0.39 is 0 Å². The molecule has 0 amide bonds. The zero-order valence-corrected chi connectivity index (χ0v) is 14.8. The minimum Gasteiger partial charge on any atom is -0.496 e. The van der Waals surface area contributed by atoms with E-state index in [0.717, 1.165) is 22.7 Å². The van der Waals surface area contributed by atoms with Crippen LogP contribution in [0.25, 0.3) is 0 Å². The maximum atomic E-state index is 6.19. The summed E-state index contributed by atoms with van der Waals surface area (Å²) in [5.74, 6) is 2.06. The second kappa shape index (κ2) is 7.85. The highest BCUT2D eigenvalue weighted by Crippen LogP contribution is 2.25. The summed E-state index contributed by atoms with van der Waals surface area (Å²) in [5.41, 5.74) is 2.70. The van der Waals surface area contributed by atoms with Crippen LogP contribution in [0, 0.1) is 6.92 Å². The Labute approximate surface area is 152 Å². The molecule has 6 heteroatoms. The summed E-state index contributed by atoms with van der Waals surface area (Å²) in [7, 11) is 1.66. The average molecular weight is 355 g/mol. The number of nitrogens with one attached hydrogen (secondary N) is 2. The van der Waals surface area contributed by atoms with Crippen LogP contribution in [0.1, 0.15) is 11.3 Å². The van der Waals surface area contributed by atoms with Gasteiger partial charge >= 0.3 is 0 Å². The number of ether oxygens (including phenoxy) is 1. The summed E-state index contributed by atoms with van der Waals surface area (Å²) in [5, 5.41) is 7.11. The number of anilines is 3. The number of benzene rings is 2. The molecule has 3 aromatic rings. The van der Waals surface area contributed by atoms with Crippen LogP contribution in [0.3, 0.4) is 0 Å². The Morgan fingerprint density at radius 1 is 1.04 bits per heavy atom. The van der Waals surface area contributed by atoms with Crippen LogP contribution >= 0.6 is 11.6 Å². The summed E-state index contributed by atoms with van der Waals surface area (Å²) in [6.45, 7) is 2.49. The minimum atomic E-state index is 0.542. The standard InChI is InChI=1S/C19H19ClN4O/c1-13-11-18(23-16-9-5-4-8-15(16)20)24-19(22-13)21-12-14-7-3-6-10-17(14)25-2/h3-11H,12H2,1-2H3,(H2,21,22,23,24). The molecule has 0 radical (unpaired) electrons. The molecular formula is C19H19ClN4O. The molecule has 5 nitrogen and oxygen atoms in total. The minimum absolute atomic E-state index is 0.542. The molecule has 2 N–H and O–H groups in total. The van der Waals surface area contributed by atoms with E-state index in [1.807, 2.05) is 61.5 Å². The first-order chi connectivity index (χ1) is 12.2. The van der Waals surface area contributed by atoms with E-state index in [9.17, 15) is 0 Å². The summed E-state index contributed by atoms with van der Waals surface area (Å²) < 4.78 is 5.37. The molecule has 1 heterocycles. The van der Waals surface area contributed by atoms with Crippen LogP contribution < -0.4 is 15.4 Å². The maximum absolute atomic E-state index is 6.19. The van der Waals surface area contributed by atoms with Crippen LogP contribution in [-0.2, 0) is 6.54 Å². The summed E-state index contributed by atoms with van der Waals surface area (Å²) in [6, 6.07) is 17.3. The van der Waals surface area contributed by atoms with Crippen LogP contribution in [0.2, 0.25) is 5.02 Å². The third kappa shape index (κ3) is 4.39. The number of para-hydroxylation sites is 2. The fourth-order valence-corrected chi connectivity index (χ4v) is 2.62. The van der Waals surface area contributed by atoms with Gasteiger partial charge in [-0.15, -0.1) is 0 Å². The Kier molecular flexibility index (Phi) is 5.36. The fraction of sp³-hybridized carbons (Fsp3) is 0.158. The topological polar surface area (TPSA) is 59.1 Å². The van der Waals surface area contributed by atoms with E-state index in [1.54, 1.807) is 7.11 Å². The van der Waals surface area contributed by atoms with Crippen LogP contribution in [0.4, 0.5) is 17.5 Å². The van der Waals surface area contributed by atoms with Crippen molar-refractivity contribution in [1.82, 2.24) is 9.97 Å². The van der Waals surface area contributed by atoms with Crippen molar-refractivity contribution in [2.24, 2.45) is 0 Å². The Morgan fingerprint density at radius 2 is 1.80 bits per heavy atom. The molecule has 0 aliphatic heterocycles. The van der Waals surface area contributed by atoms with Gasteiger partial charge in [-0.05, 0) is 25.1 Å². The predicted octanol–water partition coefficient (Wildman–Crippen LogP) is 4.80. The van der Waals surface area contributed by atoms with E-state index in [-0.39, 0.29) is 0 Å². The molecule has 0 spiro atoms. The molecule has 0 aliphatic carbocycles. The van der Waals surface area contributed by atoms with Gasteiger partial charge in [0.05, 0.1) is 17.8 Å². The number of hydrogen-bond acceptors (Lipinski definition) is 5. The Morgan fingerprint density at radius 3 is 2.60 bits per heavy atom. The molecule has 128 valence electrons. The summed E-state index contributed by atoms with van der Waals surface area (Å²) in [4.78, 5) is 8.94. The monoisotopic (exact) mass is 354 g/mol. The molecule has 0 saturated carbocycles. The predicted molar refractivity (Wildman–Crippen MR) is 102 cm³/mol. The van der Waals surface area contributed by atoms with E-state index in [0.29, 0.717) is 23.3 Å². The van der Waals surface area contributed by atoms with Gasteiger partial charge in [-0.1, -0.05) is 41.9 Å². The van der Waals surface area contributed by atoms with Gasteiger partial charge in [0.2, 0.25) is 5.95 Å². The second-order valence-corrected chi connectivity index (χ2v) is 5.90. The lowest BCUT2D eigenvalue weighted by atomic mass is 10.2. The summed E-state index contributed by atoms with van der Waals surface area (Å²) in [6.07, 6.45) is 0. The van der Waals surface area contributed by atoms with Gasteiger partial charge in [-0.25, -0.2) is 4.98 Å². The lowest BCUT2D eigenvalue weighted by Crippen LogP contribution is -2.07. The molecule has 0 fully saturated rings. The Hall–Kier alpha value is -2.79. The van der Waals surface area contributed by atoms with Crippen molar-refractivity contribution in [2.75, 3.05) is 17.7 Å². The maximum Gasteiger partial charge on any atom is 0.225 e. The highest BCUT2D eigenvalue weighted by molar-refractivity contribution is 6.33. The van der Waals surface area contributed by atoms with Crippen molar-refractivity contribution < 1.29 is 4.74 Å². The Bertz CT molecular complexity index is 870. The average Bonchev–Trinajstić information content (AvgIpc) is 2.62. The first-order valence-corrected chi connectivity index (χ1v) is 8.26. The molecule has 0 bridgehead atoms. The van der Waals surface area contributed by atoms with Crippen molar-refractivity contribution in [2.45, 2.75) is 13.5 Å². The van der Waals surface area contributed by atoms with E-state index in [2.05, 4.69) is 20.6 Å². The largest absolute Gasteiger partial charge is 0.496 e. The fourth-order valence-electron chi connectivity index (χ4n) is 2.44. The van der Waals surface area contributed by atoms with E-state index in [1.165, 1.54) is 0 Å². The number of halogens is 1. The van der Waals surface area contributed by atoms with Crippen molar-refractivity contribution >= 4 is 29.1 Å². The molecule has 1 aromatic heterocycles. The molecule has 0 saturated heterocycles. The molecular weight excluding hydrogens is 336 g/mol. The number of nitrogens with zero attached hydrogens (tertiary/aromatic N) is 2. The number of methoxy groups -OCH3 is 1. The zero-order chi connectivity index (χ0) is 17.6. The second-order valence-electron chi connectivity index (χ2n) is 5.49. The zero-order valence-electron chi connectivity index (χ0n) is 14.1. The van der Waals surface area contributed by atoms with Gasteiger partial charge in [0.25, 0.3) is 0 Å². The van der Waals surface area contributed by atoms with Crippen LogP contribution in [0.15, 0.2) is 54.6 Å². The highest BCUT2D eigenvalue weighted by atomic mass is 35.5. The van der Waals surface area contributed by atoms with Gasteiger partial charge in [-0.3, -0.25) is 0 Å². The van der Waals surface area contributed by atoms with Gasteiger partial charge in [-0.2, -0.15) is 4.98 Å².